The minimum Gasteiger partial charge on any atom is -0.389 e. The van der Waals surface area contributed by atoms with Crippen LogP contribution < -0.4 is 4.90 Å². The van der Waals surface area contributed by atoms with Crippen LogP contribution in [0.25, 0.3) is 0 Å². The van der Waals surface area contributed by atoms with Gasteiger partial charge in [-0.05, 0) is 12.1 Å². The van der Waals surface area contributed by atoms with E-state index in [9.17, 15) is 23.4 Å². The van der Waals surface area contributed by atoms with Gasteiger partial charge >= 0.3 is 6.18 Å². The van der Waals surface area contributed by atoms with Crippen LogP contribution in [-0.4, -0.2) is 40.5 Å². The maximum absolute atomic E-state index is 12.6. The van der Waals surface area contributed by atoms with E-state index in [0.29, 0.717) is 0 Å². The average molecular weight is 273 g/mol. The van der Waals surface area contributed by atoms with Gasteiger partial charge in [0.1, 0.15) is 17.6 Å². The molecule has 2 unspecified atom stereocenters. The first kappa shape index (κ1) is 13.6. The second-order valence-electron chi connectivity index (χ2n) is 4.22. The first-order valence-corrected chi connectivity index (χ1v) is 5.42. The number of halogens is 3. The third-order valence-corrected chi connectivity index (χ3v) is 2.84. The first-order chi connectivity index (χ1) is 8.82. The van der Waals surface area contributed by atoms with Gasteiger partial charge in [0.25, 0.3) is 0 Å². The van der Waals surface area contributed by atoms with Crippen molar-refractivity contribution in [2.24, 2.45) is 0 Å². The molecule has 19 heavy (non-hydrogen) atoms. The number of aromatic nitrogens is 1. The van der Waals surface area contributed by atoms with Gasteiger partial charge in [0.2, 0.25) is 0 Å². The molecule has 1 aromatic heterocycles. The van der Waals surface area contributed by atoms with E-state index in [-0.39, 0.29) is 24.5 Å². The molecule has 2 rings (SSSR count). The van der Waals surface area contributed by atoms with Crippen molar-refractivity contribution in [2.45, 2.75) is 18.4 Å². The lowest BCUT2D eigenvalue weighted by Gasteiger charge is -2.19. The molecule has 1 aliphatic heterocycles. The largest absolute Gasteiger partial charge is 0.433 e. The monoisotopic (exact) mass is 273 g/mol. The summed E-state index contributed by atoms with van der Waals surface area (Å²) in [5, 5.41) is 27.7. The Hall–Kier alpha value is -1.85. The molecule has 2 N–H and O–H groups in total. The van der Waals surface area contributed by atoms with E-state index in [4.69, 9.17) is 5.26 Å². The van der Waals surface area contributed by atoms with Crippen LogP contribution in [0, 0.1) is 11.3 Å². The van der Waals surface area contributed by atoms with E-state index in [1.165, 1.54) is 4.90 Å². The molecule has 0 bridgehead atoms. The fraction of sp³-hybridized carbons (Fsp3) is 0.455. The summed E-state index contributed by atoms with van der Waals surface area (Å²) in [6.07, 6.45) is -6.74. The summed E-state index contributed by atoms with van der Waals surface area (Å²) in [5.74, 6) is -0.173. The van der Waals surface area contributed by atoms with Gasteiger partial charge in [-0.25, -0.2) is 4.98 Å². The van der Waals surface area contributed by atoms with E-state index in [1.807, 2.05) is 0 Å². The van der Waals surface area contributed by atoms with Crippen molar-refractivity contribution >= 4 is 5.82 Å². The number of β-amino-alcohol motifs (C(OH)–C–C–N with tert-alkyl or cyclic N) is 2. The summed E-state index contributed by atoms with van der Waals surface area (Å²) in [6.45, 7) is -0.131. The van der Waals surface area contributed by atoms with Crippen LogP contribution in [0.4, 0.5) is 19.0 Å². The van der Waals surface area contributed by atoms with Crippen LogP contribution >= 0.6 is 0 Å². The molecule has 1 fully saturated rings. The maximum atomic E-state index is 12.6. The fourth-order valence-corrected chi connectivity index (χ4v) is 1.88. The summed E-state index contributed by atoms with van der Waals surface area (Å²) in [6, 6.07) is 3.50. The Balaban J connectivity index is 2.41. The maximum Gasteiger partial charge on any atom is 0.433 e. The summed E-state index contributed by atoms with van der Waals surface area (Å²) in [4.78, 5) is 4.69. The van der Waals surface area contributed by atoms with Crippen molar-refractivity contribution in [3.05, 3.63) is 23.4 Å². The summed E-state index contributed by atoms with van der Waals surface area (Å²) in [5.41, 5.74) is -1.15. The van der Waals surface area contributed by atoms with Crippen molar-refractivity contribution in [3.63, 3.8) is 0 Å². The number of hydrogen-bond donors (Lipinski definition) is 2. The number of pyridine rings is 1. The van der Waals surface area contributed by atoms with E-state index >= 15 is 0 Å². The molecular weight excluding hydrogens is 263 g/mol. The zero-order valence-corrected chi connectivity index (χ0v) is 9.59. The molecule has 0 aliphatic carbocycles. The second-order valence-corrected chi connectivity index (χ2v) is 4.22. The van der Waals surface area contributed by atoms with Gasteiger partial charge in [-0.3, -0.25) is 0 Å². The highest BCUT2D eigenvalue weighted by atomic mass is 19.4. The van der Waals surface area contributed by atoms with Gasteiger partial charge in [-0.1, -0.05) is 0 Å². The van der Waals surface area contributed by atoms with Crippen molar-refractivity contribution in [2.75, 3.05) is 18.0 Å². The molecule has 0 radical (unpaired) electrons. The third-order valence-electron chi connectivity index (χ3n) is 2.84. The Labute approximate surface area is 106 Å². The molecule has 0 amide bonds. The summed E-state index contributed by atoms with van der Waals surface area (Å²) >= 11 is 0. The number of rotatable bonds is 1. The molecule has 0 spiro atoms. The number of anilines is 1. The number of alkyl halides is 3. The van der Waals surface area contributed by atoms with Crippen LogP contribution in [0.3, 0.4) is 0 Å². The Bertz CT molecular complexity index is 517. The zero-order chi connectivity index (χ0) is 14.2. The van der Waals surface area contributed by atoms with Crippen LogP contribution in [0.1, 0.15) is 11.3 Å². The minimum absolute atomic E-state index is 0.0331. The molecule has 5 nitrogen and oxygen atoms in total. The molecule has 0 aromatic carbocycles. The molecule has 1 saturated heterocycles. The number of nitriles is 1. The Morgan fingerprint density at radius 2 is 1.84 bits per heavy atom. The van der Waals surface area contributed by atoms with Gasteiger partial charge < -0.3 is 15.1 Å². The highest BCUT2D eigenvalue weighted by Gasteiger charge is 2.36. The lowest BCUT2D eigenvalue weighted by molar-refractivity contribution is -0.141. The molecule has 8 heteroatoms. The average Bonchev–Trinajstić information content (AvgIpc) is 2.67. The highest BCUT2D eigenvalue weighted by molar-refractivity contribution is 5.55. The predicted molar refractivity (Wildman–Crippen MR) is 58.2 cm³/mol. The predicted octanol–water partition coefficient (Wildman–Crippen LogP) is 0.514. The van der Waals surface area contributed by atoms with Crippen LogP contribution in [0.15, 0.2) is 12.1 Å². The molecule has 102 valence electrons. The fourth-order valence-electron chi connectivity index (χ4n) is 1.88. The van der Waals surface area contributed by atoms with E-state index < -0.39 is 24.1 Å². The van der Waals surface area contributed by atoms with Crippen molar-refractivity contribution in [3.8, 4) is 6.07 Å². The van der Waals surface area contributed by atoms with Gasteiger partial charge in [0.05, 0.1) is 17.8 Å². The van der Waals surface area contributed by atoms with E-state index in [0.717, 1.165) is 12.1 Å². The second kappa shape index (κ2) is 4.68. The molecule has 2 heterocycles. The standard InChI is InChI=1S/C11H10F3N3O2/c12-11(13,14)9-2-1-6(3-15)10(16-9)17-4-7(18)8(19)5-17/h1-2,7-8,18-19H,4-5H2. The third kappa shape index (κ3) is 2.62. The van der Waals surface area contributed by atoms with E-state index in [2.05, 4.69) is 4.98 Å². The normalized spacial score (nSPS) is 23.5. The van der Waals surface area contributed by atoms with Crippen molar-refractivity contribution < 1.29 is 23.4 Å². The minimum atomic E-state index is -4.61. The highest BCUT2D eigenvalue weighted by Crippen LogP contribution is 2.31. The van der Waals surface area contributed by atoms with Crippen molar-refractivity contribution in [1.82, 2.24) is 4.98 Å². The summed E-state index contributed by atoms with van der Waals surface area (Å²) in [7, 11) is 0. The first-order valence-electron chi connectivity index (χ1n) is 5.42. The van der Waals surface area contributed by atoms with Crippen LogP contribution in [0.5, 0.6) is 0 Å². The SMILES string of the molecule is N#Cc1ccc(C(F)(F)F)nc1N1CC(O)C(O)C1. The molecule has 0 saturated carbocycles. The van der Waals surface area contributed by atoms with Crippen LogP contribution in [-0.2, 0) is 6.18 Å². The number of hydrogen-bond acceptors (Lipinski definition) is 5. The van der Waals surface area contributed by atoms with E-state index in [1.54, 1.807) is 6.07 Å². The number of aliphatic hydroxyl groups is 2. The van der Waals surface area contributed by atoms with Gasteiger partial charge in [-0.15, -0.1) is 0 Å². The topological polar surface area (TPSA) is 80.4 Å². The molecule has 1 aliphatic rings. The Kier molecular flexibility index (Phi) is 3.34. The van der Waals surface area contributed by atoms with Gasteiger partial charge in [0, 0.05) is 13.1 Å². The lowest BCUT2D eigenvalue weighted by atomic mass is 10.2. The van der Waals surface area contributed by atoms with Crippen LogP contribution in [0.2, 0.25) is 0 Å². The lowest BCUT2D eigenvalue weighted by Crippen LogP contribution is -2.24. The Morgan fingerprint density at radius 3 is 2.32 bits per heavy atom. The van der Waals surface area contributed by atoms with Gasteiger partial charge in [0.15, 0.2) is 0 Å². The quantitative estimate of drug-likeness (QED) is 0.779. The summed E-state index contributed by atoms with van der Waals surface area (Å²) < 4.78 is 37.7. The molecular formula is C11H10F3N3O2. The number of nitrogens with zero attached hydrogens (tertiary/aromatic N) is 3. The number of aliphatic hydroxyl groups excluding tert-OH is 2. The Morgan fingerprint density at radius 1 is 1.26 bits per heavy atom. The zero-order valence-electron chi connectivity index (χ0n) is 9.59. The smallest absolute Gasteiger partial charge is 0.389 e. The van der Waals surface area contributed by atoms with Gasteiger partial charge in [-0.2, -0.15) is 18.4 Å². The molecule has 1 aromatic rings. The molecule has 2 atom stereocenters. The van der Waals surface area contributed by atoms with Crippen molar-refractivity contribution in [1.29, 1.82) is 5.26 Å².